The summed E-state index contributed by atoms with van der Waals surface area (Å²) >= 11 is 0. The summed E-state index contributed by atoms with van der Waals surface area (Å²) in [5.74, 6) is -0.391. The number of aromatic nitrogens is 3. The van der Waals surface area contributed by atoms with Crippen LogP contribution in [-0.2, 0) is 18.6 Å². The Morgan fingerprint density at radius 2 is 1.61 bits per heavy atom. The number of hydrogen-bond donors (Lipinski definition) is 0. The summed E-state index contributed by atoms with van der Waals surface area (Å²) < 4.78 is 30.6. The zero-order valence-corrected chi connectivity index (χ0v) is 12.8. The first-order chi connectivity index (χ1) is 11.1. The molecule has 0 bridgehead atoms. The molecule has 1 aromatic heterocycles. The summed E-state index contributed by atoms with van der Waals surface area (Å²) in [6.07, 6.45) is 4.00. The van der Waals surface area contributed by atoms with Gasteiger partial charge >= 0.3 is 0 Å². The van der Waals surface area contributed by atoms with Gasteiger partial charge in [-0.1, -0.05) is 48.5 Å². The Labute approximate surface area is 133 Å². The molecule has 0 fully saturated rings. The predicted molar refractivity (Wildman–Crippen MR) is 84.1 cm³/mol. The Morgan fingerprint density at radius 3 is 2.13 bits per heavy atom. The minimum atomic E-state index is -1.81. The molecule has 0 radical (unpaired) electrons. The third-order valence-corrected chi connectivity index (χ3v) is 3.97. The molecular weight excluding hydrogens is 296 g/mol. The number of rotatable bonds is 5. The van der Waals surface area contributed by atoms with E-state index in [1.807, 2.05) is 19.1 Å². The number of hydrogen-bond acceptors (Lipinski definition) is 2. The fourth-order valence-electron chi connectivity index (χ4n) is 2.61. The molecule has 0 amide bonds. The van der Waals surface area contributed by atoms with Gasteiger partial charge in [-0.25, -0.2) is 13.5 Å². The van der Waals surface area contributed by atoms with Gasteiger partial charge in [-0.2, -0.15) is 0 Å². The first kappa shape index (κ1) is 15.3. The highest BCUT2D eigenvalue weighted by molar-refractivity contribution is 5.37. The van der Waals surface area contributed by atoms with E-state index in [2.05, 4.69) is 10.3 Å². The van der Waals surface area contributed by atoms with Crippen LogP contribution >= 0.6 is 0 Å². The SMILES string of the molecule is CCc1ccc(C(F)(Cn2ccnn2)c2ccc(F)cc2)cc1. The van der Waals surface area contributed by atoms with E-state index in [1.54, 1.807) is 18.3 Å². The maximum atomic E-state index is 16.0. The Kier molecular flexibility index (Phi) is 4.19. The van der Waals surface area contributed by atoms with Gasteiger partial charge in [-0.05, 0) is 35.2 Å². The lowest BCUT2D eigenvalue weighted by Gasteiger charge is -2.26. The van der Waals surface area contributed by atoms with Gasteiger partial charge in [0.05, 0.1) is 12.7 Å². The summed E-state index contributed by atoms with van der Waals surface area (Å²) in [7, 11) is 0. The van der Waals surface area contributed by atoms with Crippen LogP contribution in [0, 0.1) is 5.82 Å². The summed E-state index contributed by atoms with van der Waals surface area (Å²) in [5, 5.41) is 7.58. The van der Waals surface area contributed by atoms with Crippen LogP contribution in [0.25, 0.3) is 0 Å². The van der Waals surface area contributed by atoms with Crippen LogP contribution in [0.3, 0.4) is 0 Å². The molecular formula is C18H17F2N3. The summed E-state index contributed by atoms with van der Waals surface area (Å²) in [4.78, 5) is 0. The van der Waals surface area contributed by atoms with Crippen molar-refractivity contribution < 1.29 is 8.78 Å². The smallest absolute Gasteiger partial charge is 0.180 e. The maximum Gasteiger partial charge on any atom is 0.180 e. The molecule has 118 valence electrons. The van der Waals surface area contributed by atoms with E-state index in [1.165, 1.54) is 35.1 Å². The highest BCUT2D eigenvalue weighted by Gasteiger charge is 2.35. The molecule has 5 heteroatoms. The zero-order valence-electron chi connectivity index (χ0n) is 12.8. The number of benzene rings is 2. The van der Waals surface area contributed by atoms with Crippen LogP contribution in [-0.4, -0.2) is 15.0 Å². The zero-order chi connectivity index (χ0) is 16.3. The molecule has 1 unspecified atom stereocenters. The van der Waals surface area contributed by atoms with E-state index in [9.17, 15) is 4.39 Å². The van der Waals surface area contributed by atoms with Crippen molar-refractivity contribution in [3.05, 3.63) is 83.4 Å². The fourth-order valence-corrected chi connectivity index (χ4v) is 2.61. The molecule has 0 aliphatic rings. The van der Waals surface area contributed by atoms with Gasteiger partial charge in [-0.15, -0.1) is 5.10 Å². The lowest BCUT2D eigenvalue weighted by Crippen LogP contribution is -2.28. The van der Waals surface area contributed by atoms with Crippen molar-refractivity contribution in [2.75, 3.05) is 0 Å². The van der Waals surface area contributed by atoms with Crippen molar-refractivity contribution in [2.45, 2.75) is 25.6 Å². The molecule has 3 aromatic rings. The molecule has 0 saturated carbocycles. The van der Waals surface area contributed by atoms with E-state index in [4.69, 9.17) is 0 Å². The van der Waals surface area contributed by atoms with Gasteiger partial charge in [-0.3, -0.25) is 0 Å². The lowest BCUT2D eigenvalue weighted by atomic mass is 9.87. The molecule has 0 N–H and O–H groups in total. The van der Waals surface area contributed by atoms with Gasteiger partial charge < -0.3 is 0 Å². The second-order valence-electron chi connectivity index (χ2n) is 5.46. The summed E-state index contributed by atoms with van der Waals surface area (Å²) in [6, 6.07) is 12.9. The quantitative estimate of drug-likeness (QED) is 0.715. The minimum Gasteiger partial charge on any atom is -0.249 e. The average Bonchev–Trinajstić information content (AvgIpc) is 3.08. The topological polar surface area (TPSA) is 30.7 Å². The van der Waals surface area contributed by atoms with Crippen LogP contribution in [0.1, 0.15) is 23.6 Å². The minimum absolute atomic E-state index is 0.0237. The van der Waals surface area contributed by atoms with Crippen molar-refractivity contribution in [1.82, 2.24) is 15.0 Å². The number of alkyl halides is 1. The largest absolute Gasteiger partial charge is 0.249 e. The Hall–Kier alpha value is -2.56. The molecule has 0 spiro atoms. The standard InChI is InChI=1S/C18H17F2N3/c1-2-14-3-5-15(6-4-14)18(20,13-23-12-11-21-22-23)16-7-9-17(19)10-8-16/h3-12H,2,13H2,1H3. The number of aryl methyl sites for hydroxylation is 1. The average molecular weight is 313 g/mol. The number of halogens is 2. The molecule has 2 aromatic carbocycles. The molecule has 1 atom stereocenters. The van der Waals surface area contributed by atoms with Crippen molar-refractivity contribution >= 4 is 0 Å². The Bertz CT molecular complexity index is 752. The van der Waals surface area contributed by atoms with E-state index in [0.29, 0.717) is 11.1 Å². The first-order valence-corrected chi connectivity index (χ1v) is 7.50. The van der Waals surface area contributed by atoms with Gasteiger partial charge in [0.25, 0.3) is 0 Å². The number of nitrogens with zero attached hydrogens (tertiary/aromatic N) is 3. The third-order valence-electron chi connectivity index (χ3n) is 3.97. The molecule has 3 nitrogen and oxygen atoms in total. The van der Waals surface area contributed by atoms with Crippen LogP contribution in [0.15, 0.2) is 60.9 Å². The molecule has 0 aliphatic carbocycles. The molecule has 23 heavy (non-hydrogen) atoms. The first-order valence-electron chi connectivity index (χ1n) is 7.50. The van der Waals surface area contributed by atoms with Gasteiger partial charge in [0, 0.05) is 6.20 Å². The fraction of sp³-hybridized carbons (Fsp3) is 0.222. The second-order valence-corrected chi connectivity index (χ2v) is 5.46. The maximum absolute atomic E-state index is 16.0. The third kappa shape index (κ3) is 3.13. The Morgan fingerprint density at radius 1 is 1.00 bits per heavy atom. The second kappa shape index (κ2) is 6.28. The van der Waals surface area contributed by atoms with E-state index in [0.717, 1.165) is 12.0 Å². The Balaban J connectivity index is 2.06. The van der Waals surface area contributed by atoms with E-state index in [-0.39, 0.29) is 6.54 Å². The van der Waals surface area contributed by atoms with E-state index >= 15 is 4.39 Å². The molecule has 1 heterocycles. The van der Waals surface area contributed by atoms with Crippen molar-refractivity contribution in [3.8, 4) is 0 Å². The van der Waals surface area contributed by atoms with Gasteiger partial charge in [0.15, 0.2) is 5.67 Å². The highest BCUT2D eigenvalue weighted by atomic mass is 19.1. The van der Waals surface area contributed by atoms with Crippen LogP contribution in [0.5, 0.6) is 0 Å². The van der Waals surface area contributed by atoms with Crippen molar-refractivity contribution in [2.24, 2.45) is 0 Å². The van der Waals surface area contributed by atoms with Crippen LogP contribution < -0.4 is 0 Å². The summed E-state index contributed by atoms with van der Waals surface area (Å²) in [5.41, 5.74) is 0.222. The predicted octanol–water partition coefficient (Wildman–Crippen LogP) is 3.89. The van der Waals surface area contributed by atoms with E-state index < -0.39 is 11.5 Å². The summed E-state index contributed by atoms with van der Waals surface area (Å²) in [6.45, 7) is 2.02. The van der Waals surface area contributed by atoms with Gasteiger partial charge in [0.2, 0.25) is 0 Å². The highest BCUT2D eigenvalue weighted by Crippen LogP contribution is 2.36. The van der Waals surface area contributed by atoms with Gasteiger partial charge in [0.1, 0.15) is 5.82 Å². The van der Waals surface area contributed by atoms with Crippen molar-refractivity contribution in [3.63, 3.8) is 0 Å². The normalized spacial score (nSPS) is 13.7. The lowest BCUT2D eigenvalue weighted by molar-refractivity contribution is 0.180. The monoisotopic (exact) mass is 313 g/mol. The molecule has 0 aliphatic heterocycles. The molecule has 0 saturated heterocycles. The van der Waals surface area contributed by atoms with Crippen molar-refractivity contribution in [1.29, 1.82) is 0 Å². The van der Waals surface area contributed by atoms with Crippen LogP contribution in [0.4, 0.5) is 8.78 Å². The molecule has 3 rings (SSSR count). The van der Waals surface area contributed by atoms with Crippen LogP contribution in [0.2, 0.25) is 0 Å².